The van der Waals surface area contributed by atoms with Gasteiger partial charge < -0.3 is 4.74 Å². The molecule has 0 N–H and O–H groups in total. The Bertz CT molecular complexity index is 171. The van der Waals surface area contributed by atoms with Gasteiger partial charge in [0, 0.05) is 5.88 Å². The fourth-order valence-corrected chi connectivity index (χ4v) is 0.982. The van der Waals surface area contributed by atoms with Crippen molar-refractivity contribution < 1.29 is 13.9 Å². The molecule has 0 saturated heterocycles. The van der Waals surface area contributed by atoms with E-state index < -0.39 is 11.8 Å². The fourth-order valence-electron chi connectivity index (χ4n) is 0.793. The standard InChI is InChI=1S/C9H14ClFO2/c1-8(11)9(12)13-7-5-3-2-4-6-10/h1-7H2. The summed E-state index contributed by atoms with van der Waals surface area (Å²) in [7, 11) is 0. The van der Waals surface area contributed by atoms with Crippen molar-refractivity contribution in [3.8, 4) is 0 Å². The number of alkyl halides is 1. The maximum Gasteiger partial charge on any atom is 0.366 e. The summed E-state index contributed by atoms with van der Waals surface area (Å²) in [6.45, 7) is 3.08. The average molecular weight is 209 g/mol. The zero-order valence-electron chi connectivity index (χ0n) is 7.52. The number of hydrogen-bond acceptors (Lipinski definition) is 2. The molecule has 2 nitrogen and oxygen atoms in total. The van der Waals surface area contributed by atoms with Gasteiger partial charge in [-0.3, -0.25) is 0 Å². The van der Waals surface area contributed by atoms with E-state index in [9.17, 15) is 9.18 Å². The molecule has 4 heteroatoms. The first-order chi connectivity index (χ1) is 6.18. The lowest BCUT2D eigenvalue weighted by atomic mass is 10.2. The molecule has 0 aromatic carbocycles. The molecule has 0 spiro atoms. The smallest absolute Gasteiger partial charge is 0.366 e. The molecule has 0 aliphatic rings. The van der Waals surface area contributed by atoms with Crippen LogP contribution < -0.4 is 0 Å². The predicted octanol–water partition coefficient (Wildman–Crippen LogP) is 2.81. The van der Waals surface area contributed by atoms with E-state index in [1.165, 1.54) is 0 Å². The van der Waals surface area contributed by atoms with Gasteiger partial charge in [-0.15, -0.1) is 11.6 Å². The third-order valence-electron chi connectivity index (χ3n) is 1.48. The Labute approximate surface area is 82.7 Å². The lowest BCUT2D eigenvalue weighted by Gasteiger charge is -2.01. The van der Waals surface area contributed by atoms with Crippen molar-refractivity contribution in [3.63, 3.8) is 0 Å². The van der Waals surface area contributed by atoms with E-state index in [4.69, 9.17) is 11.6 Å². The molecule has 0 aliphatic carbocycles. The molecule has 0 radical (unpaired) electrons. The van der Waals surface area contributed by atoms with Crippen LogP contribution in [0.3, 0.4) is 0 Å². The molecule has 0 amide bonds. The first-order valence-corrected chi connectivity index (χ1v) is 4.79. The molecule has 0 fully saturated rings. The second kappa shape index (κ2) is 8.05. The van der Waals surface area contributed by atoms with E-state index >= 15 is 0 Å². The summed E-state index contributed by atoms with van der Waals surface area (Å²) in [5, 5.41) is 0. The highest BCUT2D eigenvalue weighted by molar-refractivity contribution is 6.17. The highest BCUT2D eigenvalue weighted by atomic mass is 35.5. The number of carbonyl (C=O) groups excluding carboxylic acids is 1. The maximum absolute atomic E-state index is 12.0. The van der Waals surface area contributed by atoms with Crippen LogP contribution in [0.25, 0.3) is 0 Å². The Morgan fingerprint density at radius 2 is 1.92 bits per heavy atom. The molecule has 13 heavy (non-hydrogen) atoms. The minimum Gasteiger partial charge on any atom is -0.460 e. The maximum atomic E-state index is 12.0. The molecule has 0 heterocycles. The van der Waals surface area contributed by atoms with Gasteiger partial charge in [0.15, 0.2) is 0 Å². The highest BCUT2D eigenvalue weighted by Crippen LogP contribution is 2.02. The van der Waals surface area contributed by atoms with E-state index in [1.54, 1.807) is 0 Å². The number of hydrogen-bond donors (Lipinski definition) is 0. The van der Waals surface area contributed by atoms with Crippen LogP contribution in [0.2, 0.25) is 0 Å². The minimum absolute atomic E-state index is 0.254. The average Bonchev–Trinajstić information content (AvgIpc) is 2.10. The fraction of sp³-hybridized carbons (Fsp3) is 0.667. The number of carbonyl (C=O) groups is 1. The lowest BCUT2D eigenvalue weighted by molar-refractivity contribution is -0.140. The Morgan fingerprint density at radius 3 is 2.46 bits per heavy atom. The van der Waals surface area contributed by atoms with Crippen LogP contribution >= 0.6 is 11.6 Å². The summed E-state index contributed by atoms with van der Waals surface area (Å²) in [4.78, 5) is 10.5. The van der Waals surface area contributed by atoms with Crippen molar-refractivity contribution in [2.24, 2.45) is 0 Å². The predicted molar refractivity (Wildman–Crippen MR) is 50.4 cm³/mol. The van der Waals surface area contributed by atoms with Crippen LogP contribution in [-0.2, 0) is 9.53 Å². The van der Waals surface area contributed by atoms with Gasteiger partial charge in [-0.1, -0.05) is 19.4 Å². The van der Waals surface area contributed by atoms with Gasteiger partial charge in [0.2, 0.25) is 5.83 Å². The molecule has 0 atom stereocenters. The van der Waals surface area contributed by atoms with Crippen LogP contribution in [0.5, 0.6) is 0 Å². The zero-order valence-corrected chi connectivity index (χ0v) is 8.28. The van der Waals surface area contributed by atoms with Gasteiger partial charge in [0.1, 0.15) is 0 Å². The molecule has 0 aromatic rings. The second-order valence-electron chi connectivity index (χ2n) is 2.64. The van der Waals surface area contributed by atoms with Crippen molar-refractivity contribution >= 4 is 17.6 Å². The summed E-state index contributed by atoms with van der Waals surface area (Å²) >= 11 is 5.46. The van der Waals surface area contributed by atoms with Gasteiger partial charge in [-0.2, -0.15) is 4.39 Å². The largest absolute Gasteiger partial charge is 0.460 e. The van der Waals surface area contributed by atoms with Gasteiger partial charge in [-0.25, -0.2) is 4.79 Å². The van der Waals surface area contributed by atoms with Crippen LogP contribution in [0.1, 0.15) is 25.7 Å². The normalized spacial score (nSPS) is 9.69. The Kier molecular flexibility index (Phi) is 7.69. The molecule has 0 rings (SSSR count). The van der Waals surface area contributed by atoms with E-state index in [0.717, 1.165) is 25.7 Å². The third-order valence-corrected chi connectivity index (χ3v) is 1.75. The molecule has 0 bridgehead atoms. The number of rotatable bonds is 7. The number of halogens is 2. The first-order valence-electron chi connectivity index (χ1n) is 4.26. The van der Waals surface area contributed by atoms with Crippen molar-refractivity contribution in [1.82, 2.24) is 0 Å². The molecule has 0 saturated carbocycles. The Balaban J connectivity index is 3.16. The lowest BCUT2D eigenvalue weighted by Crippen LogP contribution is -2.05. The number of ether oxygens (including phenoxy) is 1. The van der Waals surface area contributed by atoms with Gasteiger partial charge >= 0.3 is 5.97 Å². The van der Waals surface area contributed by atoms with Crippen LogP contribution in [0.15, 0.2) is 12.4 Å². The summed E-state index contributed by atoms with van der Waals surface area (Å²) in [5.41, 5.74) is 0. The summed E-state index contributed by atoms with van der Waals surface area (Å²) in [6.07, 6.45) is 3.66. The van der Waals surface area contributed by atoms with Crippen molar-refractivity contribution in [2.45, 2.75) is 25.7 Å². The van der Waals surface area contributed by atoms with Gasteiger partial charge in [-0.05, 0) is 12.8 Å². The minimum atomic E-state index is -1.04. The molecule has 0 aliphatic heterocycles. The summed E-state index contributed by atoms with van der Waals surface area (Å²) in [6, 6.07) is 0. The summed E-state index contributed by atoms with van der Waals surface area (Å²) < 4.78 is 16.6. The van der Waals surface area contributed by atoms with E-state index in [2.05, 4.69) is 11.3 Å². The molecular weight excluding hydrogens is 195 g/mol. The molecule has 76 valence electrons. The second-order valence-corrected chi connectivity index (χ2v) is 3.02. The van der Waals surface area contributed by atoms with Crippen LogP contribution in [0.4, 0.5) is 4.39 Å². The number of esters is 1. The topological polar surface area (TPSA) is 26.3 Å². The van der Waals surface area contributed by atoms with E-state index in [1.807, 2.05) is 0 Å². The monoisotopic (exact) mass is 208 g/mol. The van der Waals surface area contributed by atoms with Crippen molar-refractivity contribution in [2.75, 3.05) is 12.5 Å². The van der Waals surface area contributed by atoms with Gasteiger partial charge in [0.25, 0.3) is 0 Å². The van der Waals surface area contributed by atoms with Crippen molar-refractivity contribution in [3.05, 3.63) is 12.4 Å². The quantitative estimate of drug-likeness (QED) is 0.278. The van der Waals surface area contributed by atoms with Crippen LogP contribution in [-0.4, -0.2) is 18.5 Å². The van der Waals surface area contributed by atoms with E-state index in [0.29, 0.717) is 5.88 Å². The zero-order chi connectivity index (χ0) is 10.1. The SMILES string of the molecule is C=C(F)C(=O)OCCCCCCCl. The molecule has 0 aromatic heterocycles. The van der Waals surface area contributed by atoms with Gasteiger partial charge in [0.05, 0.1) is 6.61 Å². The third kappa shape index (κ3) is 7.78. The summed E-state index contributed by atoms with van der Waals surface area (Å²) in [5.74, 6) is -1.35. The number of unbranched alkanes of at least 4 members (excludes halogenated alkanes) is 3. The molecule has 0 unspecified atom stereocenters. The Hall–Kier alpha value is -0.570. The van der Waals surface area contributed by atoms with Crippen LogP contribution in [0, 0.1) is 0 Å². The Morgan fingerprint density at radius 1 is 1.31 bits per heavy atom. The first kappa shape index (κ1) is 12.4. The highest BCUT2D eigenvalue weighted by Gasteiger charge is 2.05. The molecular formula is C9H14ClFO2. The van der Waals surface area contributed by atoms with E-state index in [-0.39, 0.29) is 6.61 Å². The van der Waals surface area contributed by atoms with Crippen molar-refractivity contribution in [1.29, 1.82) is 0 Å².